The number of nitrogens with zero attached hydrogens (tertiary/aromatic N) is 3. The average Bonchev–Trinajstić information content (AvgIpc) is 3.56. The fraction of sp³-hybridized carbons (Fsp3) is 0.0400. The topological polar surface area (TPSA) is 111 Å². The SMILES string of the molecule is O=C(O)CC(C(=O)O)N1C(=O)/C(=C/c2ccc(-c3ccc4c(c3)Oc3cc(-c5ccc(N(c6ccccc6)c6ccccc6)cc5)ccc3N4c3ccccc3)cc2)SC1=S. The minimum absolute atomic E-state index is 0.000684. The third-order valence-corrected chi connectivity index (χ3v) is 11.8. The summed E-state index contributed by atoms with van der Waals surface area (Å²) in [5.41, 5.74) is 10.6. The van der Waals surface area contributed by atoms with Crippen LogP contribution in [0.2, 0.25) is 0 Å². The molecule has 7 aromatic carbocycles. The number of benzene rings is 7. The monoisotopic (exact) mass is 837 g/mol. The van der Waals surface area contributed by atoms with E-state index >= 15 is 0 Å². The highest BCUT2D eigenvalue weighted by atomic mass is 32.2. The van der Waals surface area contributed by atoms with E-state index in [-0.39, 0.29) is 9.23 Å². The molecule has 1 atom stereocenters. The van der Waals surface area contributed by atoms with E-state index in [1.165, 1.54) is 0 Å². The fourth-order valence-corrected chi connectivity index (χ4v) is 8.91. The van der Waals surface area contributed by atoms with Crippen molar-refractivity contribution in [2.45, 2.75) is 12.5 Å². The van der Waals surface area contributed by atoms with Gasteiger partial charge in [0.25, 0.3) is 5.91 Å². The molecule has 1 amide bonds. The molecular formula is C50H35N3O6S2. The molecule has 0 aromatic heterocycles. The number of fused-ring (bicyclic) bond motifs is 2. The lowest BCUT2D eigenvalue weighted by atomic mass is 10.00. The van der Waals surface area contributed by atoms with Crippen molar-refractivity contribution >= 4 is 86.3 Å². The number of thioether (sulfide) groups is 1. The van der Waals surface area contributed by atoms with Gasteiger partial charge < -0.3 is 24.7 Å². The highest BCUT2D eigenvalue weighted by molar-refractivity contribution is 8.26. The number of carboxylic acid groups (broad SMARTS) is 2. The largest absolute Gasteiger partial charge is 0.481 e. The maximum atomic E-state index is 13.2. The number of aliphatic carboxylic acids is 2. The number of thiocarbonyl (C=S) groups is 1. The molecule has 0 radical (unpaired) electrons. The summed E-state index contributed by atoms with van der Waals surface area (Å²) < 4.78 is 6.74. The second-order valence-electron chi connectivity index (χ2n) is 14.3. The molecule has 2 aliphatic heterocycles. The molecule has 2 aliphatic rings. The number of ether oxygens (including phenoxy) is 1. The number of hydrogen-bond acceptors (Lipinski definition) is 8. The highest BCUT2D eigenvalue weighted by Gasteiger charge is 2.41. The van der Waals surface area contributed by atoms with Crippen LogP contribution < -0.4 is 14.5 Å². The number of para-hydroxylation sites is 3. The Morgan fingerprint density at radius 1 is 0.639 bits per heavy atom. The van der Waals surface area contributed by atoms with E-state index < -0.39 is 30.3 Å². The number of carboxylic acids is 2. The molecule has 9 nitrogen and oxygen atoms in total. The summed E-state index contributed by atoms with van der Waals surface area (Å²) in [4.78, 5) is 41.8. The number of hydrogen-bond donors (Lipinski definition) is 2. The van der Waals surface area contributed by atoms with Crippen molar-refractivity contribution in [3.63, 3.8) is 0 Å². The zero-order valence-corrected chi connectivity index (χ0v) is 33.9. The van der Waals surface area contributed by atoms with Gasteiger partial charge in [0.2, 0.25) is 0 Å². The molecule has 1 unspecified atom stereocenters. The van der Waals surface area contributed by atoms with Crippen molar-refractivity contribution in [3.8, 4) is 33.8 Å². The lowest BCUT2D eigenvalue weighted by molar-refractivity contribution is -0.150. The van der Waals surface area contributed by atoms with Gasteiger partial charge in [0.1, 0.15) is 10.4 Å². The smallest absolute Gasteiger partial charge is 0.327 e. The number of carbonyl (C=O) groups excluding carboxylic acids is 1. The van der Waals surface area contributed by atoms with E-state index in [2.05, 4.69) is 88.7 Å². The van der Waals surface area contributed by atoms with Gasteiger partial charge in [-0.2, -0.15) is 0 Å². The number of rotatable bonds is 11. The summed E-state index contributed by atoms with van der Waals surface area (Å²) in [7, 11) is 0. The summed E-state index contributed by atoms with van der Waals surface area (Å²) in [5.74, 6) is -2.02. The predicted molar refractivity (Wildman–Crippen MR) is 245 cm³/mol. The minimum atomic E-state index is -1.59. The molecule has 9 rings (SSSR count). The Hall–Kier alpha value is -7.47. The standard InChI is InChI=1S/C50H35N3O6S2/c54-47(55)31-43(49(57)58)53-48(56)46(61-50(53)60)28-32-16-18-33(19-17-32)35-22-26-41-44(29-35)59-45-30-36(23-27-42(45)52(41)39-14-8-3-9-15-39)34-20-24-40(25-21-34)51(37-10-4-1-5-11-37)38-12-6-2-7-13-38/h1-30,43H,31H2,(H,54,55)(H,57,58)/b46-28-. The summed E-state index contributed by atoms with van der Waals surface area (Å²) in [6.45, 7) is 0. The van der Waals surface area contributed by atoms with Gasteiger partial charge >= 0.3 is 11.9 Å². The third kappa shape index (κ3) is 7.87. The van der Waals surface area contributed by atoms with Gasteiger partial charge in [-0.15, -0.1) is 0 Å². The van der Waals surface area contributed by atoms with E-state index in [1.807, 2.05) is 97.1 Å². The molecular weight excluding hydrogens is 803 g/mol. The fourth-order valence-electron chi connectivity index (χ4n) is 7.55. The van der Waals surface area contributed by atoms with Crippen LogP contribution in [0.25, 0.3) is 28.3 Å². The number of anilines is 6. The Labute approximate surface area is 361 Å². The van der Waals surface area contributed by atoms with Crippen LogP contribution >= 0.6 is 24.0 Å². The number of amides is 1. The third-order valence-electron chi connectivity index (χ3n) is 10.5. The van der Waals surface area contributed by atoms with Gasteiger partial charge in [-0.3, -0.25) is 14.5 Å². The number of carbonyl (C=O) groups is 3. The summed E-state index contributed by atoms with van der Waals surface area (Å²) in [6.07, 6.45) is 0.864. The molecule has 0 bridgehead atoms. The van der Waals surface area contributed by atoms with E-state index in [1.54, 1.807) is 6.08 Å². The highest BCUT2D eigenvalue weighted by Crippen LogP contribution is 2.52. The molecule has 61 heavy (non-hydrogen) atoms. The Balaban J connectivity index is 1.00. The van der Waals surface area contributed by atoms with Gasteiger partial charge in [0.15, 0.2) is 11.5 Å². The van der Waals surface area contributed by atoms with Gasteiger partial charge in [0.05, 0.1) is 22.7 Å². The lowest BCUT2D eigenvalue weighted by Gasteiger charge is -2.33. The molecule has 1 fully saturated rings. The van der Waals surface area contributed by atoms with Crippen LogP contribution in [0.4, 0.5) is 34.1 Å². The molecule has 11 heteroatoms. The van der Waals surface area contributed by atoms with Gasteiger partial charge in [-0.1, -0.05) is 127 Å². The molecule has 298 valence electrons. The van der Waals surface area contributed by atoms with Crippen LogP contribution in [-0.4, -0.2) is 43.3 Å². The van der Waals surface area contributed by atoms with Crippen LogP contribution in [-0.2, 0) is 14.4 Å². The maximum absolute atomic E-state index is 13.2. The van der Waals surface area contributed by atoms with Crippen LogP contribution in [0.1, 0.15) is 12.0 Å². The van der Waals surface area contributed by atoms with E-state index in [0.29, 0.717) is 17.1 Å². The zero-order chi connectivity index (χ0) is 42.0. The Morgan fingerprint density at radius 3 is 1.62 bits per heavy atom. The lowest BCUT2D eigenvalue weighted by Crippen LogP contribution is -2.45. The van der Waals surface area contributed by atoms with Crippen LogP contribution in [0.15, 0.2) is 181 Å². The molecule has 7 aromatic rings. The first kappa shape index (κ1) is 39.0. The minimum Gasteiger partial charge on any atom is -0.481 e. The van der Waals surface area contributed by atoms with Crippen molar-refractivity contribution in [3.05, 3.63) is 186 Å². The predicted octanol–water partition coefficient (Wildman–Crippen LogP) is 12.2. The molecule has 0 saturated carbocycles. The summed E-state index contributed by atoms with van der Waals surface area (Å²) in [6, 6.07) is 57.8. The van der Waals surface area contributed by atoms with Crippen molar-refractivity contribution in [2.24, 2.45) is 0 Å². The Kier molecular flexibility index (Phi) is 10.6. The molecule has 2 N–H and O–H groups in total. The maximum Gasteiger partial charge on any atom is 0.327 e. The van der Waals surface area contributed by atoms with Crippen LogP contribution in [0.3, 0.4) is 0 Å². The van der Waals surface area contributed by atoms with E-state index in [4.69, 9.17) is 17.0 Å². The van der Waals surface area contributed by atoms with Crippen molar-refractivity contribution in [1.82, 2.24) is 4.90 Å². The second-order valence-corrected chi connectivity index (χ2v) is 16.0. The first-order valence-electron chi connectivity index (χ1n) is 19.4. The van der Waals surface area contributed by atoms with E-state index in [9.17, 15) is 24.6 Å². The van der Waals surface area contributed by atoms with E-state index in [0.717, 1.165) is 73.0 Å². The van der Waals surface area contributed by atoms with Gasteiger partial charge in [0, 0.05) is 22.7 Å². The average molecular weight is 838 g/mol. The Bertz CT molecular complexity index is 2800. The normalized spacial score (nSPS) is 14.3. The first-order valence-corrected chi connectivity index (χ1v) is 20.6. The first-order chi connectivity index (χ1) is 29.7. The quantitative estimate of drug-likeness (QED) is 0.0965. The van der Waals surface area contributed by atoms with Crippen LogP contribution in [0.5, 0.6) is 11.5 Å². The van der Waals surface area contributed by atoms with Crippen molar-refractivity contribution < 1.29 is 29.3 Å². The summed E-state index contributed by atoms with van der Waals surface area (Å²) >= 11 is 6.23. The van der Waals surface area contributed by atoms with Gasteiger partial charge in [-0.05, 0) is 107 Å². The Morgan fingerprint density at radius 2 is 1.11 bits per heavy atom. The van der Waals surface area contributed by atoms with Gasteiger partial charge in [-0.25, -0.2) is 4.79 Å². The van der Waals surface area contributed by atoms with Crippen molar-refractivity contribution in [2.75, 3.05) is 9.80 Å². The van der Waals surface area contributed by atoms with Crippen LogP contribution in [0, 0.1) is 0 Å². The molecule has 1 saturated heterocycles. The van der Waals surface area contributed by atoms with Crippen molar-refractivity contribution in [1.29, 1.82) is 0 Å². The second kappa shape index (κ2) is 16.6. The summed E-state index contributed by atoms with van der Waals surface area (Å²) in [5, 5.41) is 18.8. The molecule has 0 spiro atoms. The molecule has 2 heterocycles. The zero-order valence-electron chi connectivity index (χ0n) is 32.3. The molecule has 0 aliphatic carbocycles.